The third-order valence-electron chi connectivity index (χ3n) is 2.41. The van der Waals surface area contributed by atoms with Gasteiger partial charge in [0.25, 0.3) is 0 Å². The highest BCUT2D eigenvalue weighted by Gasteiger charge is 2.26. The van der Waals surface area contributed by atoms with Crippen LogP contribution in [0.5, 0.6) is 0 Å². The Morgan fingerprint density at radius 1 is 1.43 bits per heavy atom. The van der Waals surface area contributed by atoms with Crippen molar-refractivity contribution in [2.45, 2.75) is 12.5 Å². The van der Waals surface area contributed by atoms with Gasteiger partial charge in [-0.15, -0.1) is 0 Å². The van der Waals surface area contributed by atoms with Gasteiger partial charge < -0.3 is 10.4 Å². The standard InChI is InChI=1S/C10H13Cl2NO/c1-10(6-14,13-2)7-4-3-5-8(11)9(7)12/h3-5,13-14H,6H2,1-2H3. The molecule has 1 unspecified atom stereocenters. The number of nitrogens with one attached hydrogen (secondary N) is 1. The zero-order chi connectivity index (χ0) is 10.8. The van der Waals surface area contributed by atoms with Crippen molar-refractivity contribution in [3.63, 3.8) is 0 Å². The van der Waals surface area contributed by atoms with E-state index in [1.54, 1.807) is 13.1 Å². The molecule has 1 rings (SSSR count). The van der Waals surface area contributed by atoms with Crippen LogP contribution in [0.2, 0.25) is 10.0 Å². The van der Waals surface area contributed by atoms with E-state index in [2.05, 4.69) is 5.32 Å². The molecule has 0 saturated heterocycles. The number of benzene rings is 1. The van der Waals surface area contributed by atoms with E-state index in [0.29, 0.717) is 10.0 Å². The van der Waals surface area contributed by atoms with Crippen molar-refractivity contribution in [3.05, 3.63) is 33.8 Å². The summed E-state index contributed by atoms with van der Waals surface area (Å²) >= 11 is 11.9. The number of hydrogen-bond donors (Lipinski definition) is 2. The first kappa shape index (κ1) is 11.8. The molecule has 0 bridgehead atoms. The van der Waals surface area contributed by atoms with E-state index < -0.39 is 5.54 Å². The molecule has 0 aromatic heterocycles. The number of hydrogen-bond acceptors (Lipinski definition) is 2. The van der Waals surface area contributed by atoms with Crippen LogP contribution in [0.15, 0.2) is 18.2 Å². The monoisotopic (exact) mass is 233 g/mol. The molecular weight excluding hydrogens is 221 g/mol. The van der Waals surface area contributed by atoms with Crippen LogP contribution in [-0.4, -0.2) is 18.8 Å². The fraction of sp³-hybridized carbons (Fsp3) is 0.400. The summed E-state index contributed by atoms with van der Waals surface area (Å²) in [4.78, 5) is 0. The van der Waals surface area contributed by atoms with Crippen LogP contribution in [0.1, 0.15) is 12.5 Å². The Balaban J connectivity index is 3.24. The molecule has 0 aliphatic rings. The van der Waals surface area contributed by atoms with Crippen molar-refractivity contribution >= 4 is 23.2 Å². The van der Waals surface area contributed by atoms with Gasteiger partial charge in [-0.05, 0) is 25.6 Å². The molecule has 1 atom stereocenters. The molecule has 0 aliphatic carbocycles. The van der Waals surface area contributed by atoms with Gasteiger partial charge in [0, 0.05) is 0 Å². The van der Waals surface area contributed by atoms with Gasteiger partial charge in [-0.2, -0.15) is 0 Å². The summed E-state index contributed by atoms with van der Waals surface area (Å²) in [7, 11) is 1.77. The highest BCUT2D eigenvalue weighted by molar-refractivity contribution is 6.42. The van der Waals surface area contributed by atoms with E-state index in [4.69, 9.17) is 23.2 Å². The molecule has 4 heteroatoms. The van der Waals surface area contributed by atoms with Crippen LogP contribution >= 0.6 is 23.2 Å². The molecular formula is C10H13Cl2NO. The Hall–Kier alpha value is -0.280. The fourth-order valence-corrected chi connectivity index (χ4v) is 1.74. The molecule has 0 saturated carbocycles. The quantitative estimate of drug-likeness (QED) is 0.841. The van der Waals surface area contributed by atoms with E-state index in [0.717, 1.165) is 5.56 Å². The smallest absolute Gasteiger partial charge is 0.0653 e. The van der Waals surface area contributed by atoms with Crippen molar-refractivity contribution in [1.82, 2.24) is 5.32 Å². The molecule has 0 fully saturated rings. The summed E-state index contributed by atoms with van der Waals surface area (Å²) in [5, 5.41) is 13.3. The van der Waals surface area contributed by atoms with E-state index in [-0.39, 0.29) is 6.61 Å². The Kier molecular flexibility index (Phi) is 3.78. The second kappa shape index (κ2) is 4.49. The maximum Gasteiger partial charge on any atom is 0.0653 e. The van der Waals surface area contributed by atoms with Crippen LogP contribution in [-0.2, 0) is 5.54 Å². The highest BCUT2D eigenvalue weighted by atomic mass is 35.5. The first-order valence-electron chi connectivity index (χ1n) is 4.29. The van der Waals surface area contributed by atoms with Crippen LogP contribution in [0.25, 0.3) is 0 Å². The molecule has 1 aromatic carbocycles. The average Bonchev–Trinajstić information content (AvgIpc) is 2.21. The topological polar surface area (TPSA) is 32.3 Å². The Morgan fingerprint density at radius 3 is 2.57 bits per heavy atom. The van der Waals surface area contributed by atoms with E-state index in [1.807, 2.05) is 19.1 Å². The van der Waals surface area contributed by atoms with Gasteiger partial charge >= 0.3 is 0 Å². The summed E-state index contributed by atoms with van der Waals surface area (Å²) in [6.07, 6.45) is 0. The van der Waals surface area contributed by atoms with E-state index in [9.17, 15) is 5.11 Å². The first-order valence-corrected chi connectivity index (χ1v) is 5.05. The maximum absolute atomic E-state index is 9.29. The van der Waals surface area contributed by atoms with Crippen LogP contribution < -0.4 is 5.32 Å². The van der Waals surface area contributed by atoms with Gasteiger partial charge in [-0.3, -0.25) is 0 Å². The largest absolute Gasteiger partial charge is 0.394 e. The van der Waals surface area contributed by atoms with Crippen LogP contribution in [0.4, 0.5) is 0 Å². The second-order valence-corrected chi connectivity index (χ2v) is 4.13. The molecule has 0 radical (unpaired) electrons. The average molecular weight is 234 g/mol. The minimum atomic E-state index is -0.554. The predicted molar refractivity (Wildman–Crippen MR) is 60.0 cm³/mol. The lowest BCUT2D eigenvalue weighted by Crippen LogP contribution is -2.40. The molecule has 78 valence electrons. The lowest BCUT2D eigenvalue weighted by molar-refractivity contribution is 0.183. The minimum absolute atomic E-state index is 0.0381. The Labute approximate surface area is 93.8 Å². The van der Waals surface area contributed by atoms with E-state index in [1.165, 1.54) is 0 Å². The summed E-state index contributed by atoms with van der Waals surface area (Å²) in [6.45, 7) is 1.83. The lowest BCUT2D eigenvalue weighted by Gasteiger charge is -2.28. The predicted octanol–water partition coefficient (Wildman–Crippen LogP) is 2.42. The number of likely N-dealkylation sites (N-methyl/N-ethyl adjacent to an activating group) is 1. The third-order valence-corrected chi connectivity index (χ3v) is 3.23. The van der Waals surface area contributed by atoms with E-state index >= 15 is 0 Å². The Bertz CT molecular complexity index is 324. The number of rotatable bonds is 3. The lowest BCUT2D eigenvalue weighted by atomic mass is 9.93. The number of aliphatic hydroxyl groups excluding tert-OH is 1. The van der Waals surface area contributed by atoms with Gasteiger partial charge in [0.1, 0.15) is 0 Å². The summed E-state index contributed by atoms with van der Waals surface area (Å²) < 4.78 is 0. The third kappa shape index (κ3) is 2.04. The first-order chi connectivity index (χ1) is 6.55. The molecule has 0 spiro atoms. The summed E-state index contributed by atoms with van der Waals surface area (Å²) in [6, 6.07) is 5.39. The van der Waals surface area contributed by atoms with Crippen molar-refractivity contribution in [2.75, 3.05) is 13.7 Å². The molecule has 0 heterocycles. The zero-order valence-corrected chi connectivity index (χ0v) is 9.65. The zero-order valence-electron chi connectivity index (χ0n) is 8.14. The van der Waals surface area contributed by atoms with Gasteiger partial charge in [0.05, 0.1) is 22.2 Å². The van der Waals surface area contributed by atoms with Crippen LogP contribution in [0, 0.1) is 0 Å². The normalized spacial score (nSPS) is 15.2. The fourth-order valence-electron chi connectivity index (χ4n) is 1.23. The van der Waals surface area contributed by atoms with Gasteiger partial charge in [0.2, 0.25) is 0 Å². The Morgan fingerprint density at radius 2 is 2.07 bits per heavy atom. The maximum atomic E-state index is 9.29. The summed E-state index contributed by atoms with van der Waals surface area (Å²) in [5.74, 6) is 0. The molecule has 0 amide bonds. The molecule has 1 aromatic rings. The van der Waals surface area contributed by atoms with Gasteiger partial charge in [-0.25, -0.2) is 0 Å². The van der Waals surface area contributed by atoms with Crippen molar-refractivity contribution in [1.29, 1.82) is 0 Å². The van der Waals surface area contributed by atoms with Crippen molar-refractivity contribution in [2.24, 2.45) is 0 Å². The number of aliphatic hydroxyl groups is 1. The van der Waals surface area contributed by atoms with Crippen LogP contribution in [0.3, 0.4) is 0 Å². The van der Waals surface area contributed by atoms with Gasteiger partial charge in [0.15, 0.2) is 0 Å². The molecule has 2 nitrogen and oxygen atoms in total. The molecule has 2 N–H and O–H groups in total. The highest BCUT2D eigenvalue weighted by Crippen LogP contribution is 2.32. The molecule has 0 aliphatic heterocycles. The minimum Gasteiger partial charge on any atom is -0.394 e. The van der Waals surface area contributed by atoms with Crippen molar-refractivity contribution < 1.29 is 5.11 Å². The molecule has 14 heavy (non-hydrogen) atoms. The van der Waals surface area contributed by atoms with Gasteiger partial charge in [-0.1, -0.05) is 35.3 Å². The van der Waals surface area contributed by atoms with Crippen molar-refractivity contribution in [3.8, 4) is 0 Å². The number of halogens is 2. The second-order valence-electron chi connectivity index (χ2n) is 3.34. The SMILES string of the molecule is CNC(C)(CO)c1cccc(Cl)c1Cl. The summed E-state index contributed by atoms with van der Waals surface area (Å²) in [5.41, 5.74) is 0.249.